The van der Waals surface area contributed by atoms with E-state index in [0.29, 0.717) is 17.9 Å². The highest BCUT2D eigenvalue weighted by atomic mass is 19.4. The van der Waals surface area contributed by atoms with Gasteiger partial charge in [0, 0.05) is 0 Å². The molecular weight excluding hydrogens is 309 g/mol. The first-order valence-electron chi connectivity index (χ1n) is 8.28. The van der Waals surface area contributed by atoms with E-state index < -0.39 is 11.7 Å². The molecule has 0 spiro atoms. The number of aryl methyl sites for hydroxylation is 1. The zero-order valence-corrected chi connectivity index (χ0v) is 15.0. The van der Waals surface area contributed by atoms with Crippen molar-refractivity contribution in [1.82, 2.24) is 0 Å². The molecule has 2 aromatic carbocycles. The topological polar surface area (TPSA) is 0 Å². The minimum absolute atomic E-state index is 0.267. The second-order valence-corrected chi connectivity index (χ2v) is 7.48. The molecule has 0 saturated carbocycles. The Kier molecular flexibility index (Phi) is 5.12. The van der Waals surface area contributed by atoms with Crippen LogP contribution >= 0.6 is 0 Å². The monoisotopic (exact) mass is 334 g/mol. The van der Waals surface area contributed by atoms with Gasteiger partial charge in [0.2, 0.25) is 0 Å². The van der Waals surface area contributed by atoms with Gasteiger partial charge in [-0.15, -0.1) is 0 Å². The maximum Gasteiger partial charge on any atom is 0.416 e. The van der Waals surface area contributed by atoms with Crippen molar-refractivity contribution in [2.75, 3.05) is 0 Å². The van der Waals surface area contributed by atoms with Crippen molar-refractivity contribution >= 4 is 0 Å². The SMILES string of the molecule is Cc1ccc(C(C)(C)Cc2ccc(C(C)C)cc2)cc1C(F)(F)F. The third-order valence-corrected chi connectivity index (χ3v) is 4.62. The summed E-state index contributed by atoms with van der Waals surface area (Å²) in [4.78, 5) is 0. The van der Waals surface area contributed by atoms with Gasteiger partial charge in [0.15, 0.2) is 0 Å². The van der Waals surface area contributed by atoms with Gasteiger partial charge in [-0.05, 0) is 53.0 Å². The molecule has 2 rings (SSSR count). The molecule has 0 heterocycles. The molecule has 0 aromatic heterocycles. The molecule has 0 aliphatic carbocycles. The summed E-state index contributed by atoms with van der Waals surface area (Å²) in [6.07, 6.45) is -3.61. The van der Waals surface area contributed by atoms with Gasteiger partial charge < -0.3 is 0 Å². The zero-order valence-electron chi connectivity index (χ0n) is 15.0. The maximum atomic E-state index is 13.2. The van der Waals surface area contributed by atoms with E-state index in [2.05, 4.69) is 38.1 Å². The van der Waals surface area contributed by atoms with Crippen molar-refractivity contribution < 1.29 is 13.2 Å². The van der Waals surface area contributed by atoms with Crippen molar-refractivity contribution in [3.63, 3.8) is 0 Å². The number of halogens is 3. The lowest BCUT2D eigenvalue weighted by molar-refractivity contribution is -0.138. The van der Waals surface area contributed by atoms with Crippen molar-refractivity contribution in [3.8, 4) is 0 Å². The molecule has 2 aromatic rings. The smallest absolute Gasteiger partial charge is 0.166 e. The molecule has 0 aliphatic heterocycles. The quantitative estimate of drug-likeness (QED) is 0.586. The van der Waals surface area contributed by atoms with E-state index in [0.717, 1.165) is 5.56 Å². The Balaban J connectivity index is 2.30. The van der Waals surface area contributed by atoms with Crippen LogP contribution in [-0.4, -0.2) is 0 Å². The summed E-state index contributed by atoms with van der Waals surface area (Å²) in [5, 5.41) is 0. The van der Waals surface area contributed by atoms with E-state index in [1.165, 1.54) is 18.6 Å². The molecule has 0 aliphatic rings. The van der Waals surface area contributed by atoms with Gasteiger partial charge in [-0.2, -0.15) is 13.2 Å². The Labute approximate surface area is 142 Å². The lowest BCUT2D eigenvalue weighted by atomic mass is 9.78. The van der Waals surface area contributed by atoms with Gasteiger partial charge in [-0.25, -0.2) is 0 Å². The first-order chi connectivity index (χ1) is 11.0. The first-order valence-corrected chi connectivity index (χ1v) is 8.28. The molecule has 0 unspecified atom stereocenters. The molecule has 0 N–H and O–H groups in total. The van der Waals surface area contributed by atoms with E-state index in [1.807, 2.05) is 19.9 Å². The largest absolute Gasteiger partial charge is 0.416 e. The number of alkyl halides is 3. The maximum absolute atomic E-state index is 13.2. The molecule has 0 amide bonds. The Morgan fingerprint density at radius 3 is 2.00 bits per heavy atom. The molecule has 0 nitrogen and oxygen atoms in total. The van der Waals surface area contributed by atoms with Crippen molar-refractivity contribution in [2.45, 2.75) is 58.5 Å². The summed E-state index contributed by atoms with van der Waals surface area (Å²) in [7, 11) is 0. The predicted molar refractivity (Wildman–Crippen MR) is 93.4 cm³/mol. The van der Waals surface area contributed by atoms with Crippen molar-refractivity contribution in [2.24, 2.45) is 0 Å². The fourth-order valence-electron chi connectivity index (χ4n) is 2.98. The summed E-state index contributed by atoms with van der Waals surface area (Å²) in [6, 6.07) is 13.1. The summed E-state index contributed by atoms with van der Waals surface area (Å²) in [5.41, 5.74) is 2.48. The van der Waals surface area contributed by atoms with Crippen LogP contribution in [0.25, 0.3) is 0 Å². The molecule has 0 fully saturated rings. The van der Waals surface area contributed by atoms with Gasteiger partial charge in [0.25, 0.3) is 0 Å². The Morgan fingerprint density at radius 1 is 0.917 bits per heavy atom. The standard InChI is InChI=1S/C21H25F3/c1-14(2)17-9-7-16(8-10-17)13-20(4,5)18-11-6-15(3)19(12-18)21(22,23)24/h6-12,14H,13H2,1-5H3. The molecule has 0 bridgehead atoms. The Morgan fingerprint density at radius 2 is 1.50 bits per heavy atom. The van der Waals surface area contributed by atoms with Crippen LogP contribution in [0.15, 0.2) is 42.5 Å². The summed E-state index contributed by atoms with van der Waals surface area (Å²) in [5.74, 6) is 0.471. The number of rotatable bonds is 4. The van der Waals surface area contributed by atoms with Crippen molar-refractivity contribution in [1.29, 1.82) is 0 Å². The predicted octanol–water partition coefficient (Wildman–Crippen LogP) is 6.66. The molecule has 3 heteroatoms. The molecular formula is C21H25F3. The van der Waals surface area contributed by atoms with Gasteiger partial charge in [-0.1, -0.05) is 64.1 Å². The Hall–Kier alpha value is -1.77. The van der Waals surface area contributed by atoms with Crippen LogP contribution in [0, 0.1) is 6.92 Å². The average Bonchev–Trinajstić information content (AvgIpc) is 2.46. The lowest BCUT2D eigenvalue weighted by Crippen LogP contribution is -2.22. The van der Waals surface area contributed by atoms with Gasteiger partial charge in [0.1, 0.15) is 0 Å². The third kappa shape index (κ3) is 4.19. The van der Waals surface area contributed by atoms with E-state index in [-0.39, 0.29) is 11.0 Å². The van der Waals surface area contributed by atoms with Gasteiger partial charge in [0.05, 0.1) is 5.56 Å². The minimum atomic E-state index is -4.31. The Bertz CT molecular complexity index is 692. The molecule has 130 valence electrons. The summed E-state index contributed by atoms with van der Waals surface area (Å²) >= 11 is 0. The first kappa shape index (κ1) is 18.6. The third-order valence-electron chi connectivity index (χ3n) is 4.62. The summed E-state index contributed by atoms with van der Waals surface area (Å²) < 4.78 is 39.5. The summed E-state index contributed by atoms with van der Waals surface area (Å²) in [6.45, 7) is 9.78. The second kappa shape index (κ2) is 6.62. The van der Waals surface area contributed by atoms with Crippen LogP contribution in [0.1, 0.15) is 61.4 Å². The lowest BCUT2D eigenvalue weighted by Gasteiger charge is -2.27. The highest BCUT2D eigenvalue weighted by Crippen LogP contribution is 2.36. The van der Waals surface area contributed by atoms with Crippen molar-refractivity contribution in [3.05, 3.63) is 70.3 Å². The van der Waals surface area contributed by atoms with E-state index in [1.54, 1.807) is 6.07 Å². The molecule has 0 saturated heterocycles. The molecule has 0 radical (unpaired) electrons. The fraction of sp³-hybridized carbons (Fsp3) is 0.429. The van der Waals surface area contributed by atoms with Gasteiger partial charge >= 0.3 is 6.18 Å². The average molecular weight is 334 g/mol. The van der Waals surface area contributed by atoms with Gasteiger partial charge in [-0.3, -0.25) is 0 Å². The van der Waals surface area contributed by atoms with Crippen LogP contribution < -0.4 is 0 Å². The van der Waals surface area contributed by atoms with Crippen LogP contribution in [-0.2, 0) is 18.0 Å². The van der Waals surface area contributed by atoms with Crippen LogP contribution in [0.2, 0.25) is 0 Å². The van der Waals surface area contributed by atoms with E-state index in [4.69, 9.17) is 0 Å². The van der Waals surface area contributed by atoms with E-state index >= 15 is 0 Å². The van der Waals surface area contributed by atoms with Crippen LogP contribution in [0.4, 0.5) is 13.2 Å². The normalized spacial score (nSPS) is 12.7. The number of hydrogen-bond acceptors (Lipinski definition) is 0. The highest BCUT2D eigenvalue weighted by Gasteiger charge is 2.34. The number of hydrogen-bond donors (Lipinski definition) is 0. The molecule has 0 atom stereocenters. The van der Waals surface area contributed by atoms with Crippen LogP contribution in [0.5, 0.6) is 0 Å². The van der Waals surface area contributed by atoms with E-state index in [9.17, 15) is 13.2 Å². The highest BCUT2D eigenvalue weighted by molar-refractivity contribution is 5.38. The minimum Gasteiger partial charge on any atom is -0.166 e. The fourth-order valence-corrected chi connectivity index (χ4v) is 2.98. The molecule has 24 heavy (non-hydrogen) atoms. The number of benzene rings is 2. The second-order valence-electron chi connectivity index (χ2n) is 7.48. The van der Waals surface area contributed by atoms with Crippen LogP contribution in [0.3, 0.4) is 0 Å². The zero-order chi connectivity index (χ0) is 18.1.